The zero-order chi connectivity index (χ0) is 30.6. The lowest BCUT2D eigenvalue weighted by atomic mass is 9.66. The molecule has 3 heterocycles. The Hall–Kier alpha value is -3.15. The van der Waals surface area contributed by atoms with Gasteiger partial charge in [0, 0.05) is 32.1 Å². The highest BCUT2D eigenvalue weighted by Gasteiger charge is 2.55. The Bertz CT molecular complexity index is 1300. The summed E-state index contributed by atoms with van der Waals surface area (Å²) < 4.78 is 95.1. The van der Waals surface area contributed by atoms with E-state index in [-0.39, 0.29) is 42.5 Å². The third-order valence-electron chi connectivity index (χ3n) is 8.82. The van der Waals surface area contributed by atoms with Crippen molar-refractivity contribution in [2.24, 2.45) is 17.8 Å². The van der Waals surface area contributed by atoms with Gasteiger partial charge in [-0.05, 0) is 72.8 Å². The van der Waals surface area contributed by atoms with Crippen molar-refractivity contribution < 1.29 is 40.3 Å². The van der Waals surface area contributed by atoms with Crippen LogP contribution in [0.25, 0.3) is 0 Å². The van der Waals surface area contributed by atoms with Crippen molar-refractivity contribution in [1.29, 1.82) is 0 Å². The Balaban J connectivity index is 1.56. The van der Waals surface area contributed by atoms with Crippen LogP contribution in [0.5, 0.6) is 0 Å². The first-order chi connectivity index (χ1) is 19.7. The standard InChI is InChI=1S/C30H32F7N3O2/c1-3-38-9-8-23-24(16-38)27(41)40-14-17(2)13-39(28(42)26(40)25(23)19-4-6-22(31)7-5-19)15-18-10-20(29(32,33)34)12-21(11-18)30(35,36)37/h4-7,10-12,17,23-26H,3,8-9,13-16H2,1-2H3/t17-,23?,24?,25?,26?/m0/s1. The summed E-state index contributed by atoms with van der Waals surface area (Å²) in [5, 5.41) is 0. The molecule has 12 heteroatoms. The Morgan fingerprint density at radius 1 is 0.857 bits per heavy atom. The first-order valence-corrected chi connectivity index (χ1v) is 14.0. The Morgan fingerprint density at radius 2 is 1.48 bits per heavy atom. The summed E-state index contributed by atoms with van der Waals surface area (Å²) in [6.07, 6.45) is -9.43. The summed E-state index contributed by atoms with van der Waals surface area (Å²) in [6.45, 7) is 5.52. The predicted molar refractivity (Wildman–Crippen MR) is 139 cm³/mol. The molecule has 5 atom stereocenters. The van der Waals surface area contributed by atoms with Crippen LogP contribution in [0.1, 0.15) is 48.4 Å². The van der Waals surface area contributed by atoms with Gasteiger partial charge in [-0.1, -0.05) is 26.0 Å². The van der Waals surface area contributed by atoms with Crippen LogP contribution < -0.4 is 0 Å². The quantitative estimate of drug-likeness (QED) is 0.418. The van der Waals surface area contributed by atoms with Crippen molar-refractivity contribution in [3.63, 3.8) is 0 Å². The lowest BCUT2D eigenvalue weighted by Crippen LogP contribution is -2.63. The third kappa shape index (κ3) is 5.87. The van der Waals surface area contributed by atoms with Gasteiger partial charge in [0.05, 0.1) is 17.0 Å². The van der Waals surface area contributed by atoms with Gasteiger partial charge >= 0.3 is 12.4 Å². The molecule has 0 saturated carbocycles. The zero-order valence-electron chi connectivity index (χ0n) is 23.2. The molecule has 5 nitrogen and oxygen atoms in total. The van der Waals surface area contributed by atoms with Crippen LogP contribution in [0.3, 0.4) is 0 Å². The van der Waals surface area contributed by atoms with Gasteiger partial charge < -0.3 is 14.7 Å². The molecule has 5 rings (SSSR count). The van der Waals surface area contributed by atoms with E-state index in [2.05, 4.69) is 4.90 Å². The summed E-state index contributed by atoms with van der Waals surface area (Å²) in [4.78, 5) is 33.2. The van der Waals surface area contributed by atoms with Gasteiger partial charge in [0.1, 0.15) is 11.9 Å². The molecular weight excluding hydrogens is 567 g/mol. The predicted octanol–water partition coefficient (Wildman–Crippen LogP) is 5.79. The van der Waals surface area contributed by atoms with E-state index in [1.165, 1.54) is 17.0 Å². The van der Waals surface area contributed by atoms with Crippen LogP contribution in [0, 0.1) is 23.6 Å². The maximum absolute atomic E-state index is 14.3. The van der Waals surface area contributed by atoms with Gasteiger partial charge in [0.2, 0.25) is 11.8 Å². The molecule has 0 spiro atoms. The highest BCUT2D eigenvalue weighted by Crippen LogP contribution is 2.47. The van der Waals surface area contributed by atoms with Gasteiger partial charge in [0.15, 0.2) is 0 Å². The summed E-state index contributed by atoms with van der Waals surface area (Å²) >= 11 is 0. The van der Waals surface area contributed by atoms with E-state index in [1.807, 2.05) is 6.92 Å². The van der Waals surface area contributed by atoms with Crippen molar-refractivity contribution in [3.8, 4) is 0 Å². The van der Waals surface area contributed by atoms with Crippen LogP contribution in [-0.4, -0.2) is 65.3 Å². The number of piperidine rings is 2. The minimum Gasteiger partial charge on any atom is -0.336 e. The molecule has 42 heavy (non-hydrogen) atoms. The number of likely N-dealkylation sites (tertiary alicyclic amines) is 1. The number of rotatable bonds is 4. The first-order valence-electron chi connectivity index (χ1n) is 14.0. The lowest BCUT2D eigenvalue weighted by Gasteiger charge is -2.51. The van der Waals surface area contributed by atoms with Crippen LogP contribution in [0.15, 0.2) is 42.5 Å². The van der Waals surface area contributed by atoms with E-state index in [0.29, 0.717) is 37.2 Å². The number of carbonyl (C=O) groups excluding carboxylic acids is 2. The van der Waals surface area contributed by atoms with Crippen molar-refractivity contribution in [3.05, 3.63) is 70.5 Å². The van der Waals surface area contributed by atoms with Crippen LogP contribution in [0.4, 0.5) is 30.7 Å². The number of carbonyl (C=O) groups is 2. The number of benzene rings is 2. The Kier molecular flexibility index (Phi) is 8.06. The van der Waals surface area contributed by atoms with Crippen molar-refractivity contribution in [1.82, 2.24) is 14.7 Å². The van der Waals surface area contributed by atoms with Gasteiger partial charge in [-0.25, -0.2) is 4.39 Å². The van der Waals surface area contributed by atoms with E-state index in [0.717, 1.165) is 6.54 Å². The van der Waals surface area contributed by atoms with E-state index in [9.17, 15) is 40.3 Å². The monoisotopic (exact) mass is 599 g/mol. The third-order valence-corrected chi connectivity index (χ3v) is 8.82. The van der Waals surface area contributed by atoms with Crippen molar-refractivity contribution >= 4 is 11.8 Å². The van der Waals surface area contributed by atoms with Gasteiger partial charge in [0.25, 0.3) is 0 Å². The summed E-state index contributed by atoms with van der Waals surface area (Å²) in [6, 6.07) is 6.06. The highest BCUT2D eigenvalue weighted by atomic mass is 19.4. The zero-order valence-corrected chi connectivity index (χ0v) is 23.2. The average molecular weight is 600 g/mol. The van der Waals surface area contributed by atoms with Crippen LogP contribution >= 0.6 is 0 Å². The largest absolute Gasteiger partial charge is 0.416 e. The summed E-state index contributed by atoms with van der Waals surface area (Å²) in [5.41, 5.74) is -2.54. The molecule has 4 unspecified atom stereocenters. The molecule has 2 aromatic rings. The topological polar surface area (TPSA) is 43.9 Å². The fraction of sp³-hybridized carbons (Fsp3) is 0.533. The molecule has 0 N–H and O–H groups in total. The number of hydrogen-bond donors (Lipinski definition) is 0. The van der Waals surface area contributed by atoms with E-state index in [4.69, 9.17) is 0 Å². The minimum absolute atomic E-state index is 0.0449. The normalized spacial score (nSPS) is 27.5. The Labute approximate surface area is 239 Å². The molecule has 0 aromatic heterocycles. The number of nitrogens with zero attached hydrogens (tertiary/aromatic N) is 3. The van der Waals surface area contributed by atoms with Crippen molar-refractivity contribution in [2.75, 3.05) is 32.7 Å². The Morgan fingerprint density at radius 3 is 2.05 bits per heavy atom. The molecule has 228 valence electrons. The molecule has 3 saturated heterocycles. The first kappa shape index (κ1) is 30.3. The smallest absolute Gasteiger partial charge is 0.336 e. The lowest BCUT2D eigenvalue weighted by molar-refractivity contribution is -0.158. The number of alkyl halides is 6. The molecule has 0 bridgehead atoms. The van der Waals surface area contributed by atoms with Crippen LogP contribution in [-0.2, 0) is 28.5 Å². The number of amides is 2. The number of fused-ring (bicyclic) bond motifs is 2. The van der Waals surface area contributed by atoms with E-state index in [1.54, 1.807) is 24.0 Å². The highest BCUT2D eigenvalue weighted by molar-refractivity contribution is 5.92. The number of halogens is 7. The second kappa shape index (κ2) is 11.2. The molecule has 3 fully saturated rings. The van der Waals surface area contributed by atoms with Crippen LogP contribution in [0.2, 0.25) is 0 Å². The average Bonchev–Trinajstić information content (AvgIpc) is 3.04. The van der Waals surface area contributed by atoms with Crippen molar-refractivity contribution in [2.45, 2.75) is 51.1 Å². The number of hydrogen-bond acceptors (Lipinski definition) is 3. The molecule has 2 amide bonds. The molecule has 3 aliphatic rings. The molecule has 0 aliphatic carbocycles. The minimum atomic E-state index is -5.02. The SMILES string of the molecule is CCN1CCC2C(C1)C(=O)N1C[C@@H](C)CN(Cc3cc(C(F)(F)F)cc(C(F)(F)F)c3)C(=O)C1C2c1ccc(F)cc1. The second-order valence-electron chi connectivity index (χ2n) is 11.7. The molecule has 2 aromatic carbocycles. The molecular formula is C30H32F7N3O2. The maximum Gasteiger partial charge on any atom is 0.416 e. The van der Waals surface area contributed by atoms with E-state index < -0.39 is 59.6 Å². The maximum atomic E-state index is 14.3. The molecule has 0 radical (unpaired) electrons. The second-order valence-corrected chi connectivity index (χ2v) is 11.7. The fourth-order valence-corrected chi connectivity index (χ4v) is 6.92. The van der Waals surface area contributed by atoms with Gasteiger partial charge in [-0.2, -0.15) is 26.3 Å². The summed E-state index contributed by atoms with van der Waals surface area (Å²) in [5.74, 6) is -2.63. The summed E-state index contributed by atoms with van der Waals surface area (Å²) in [7, 11) is 0. The van der Waals surface area contributed by atoms with Gasteiger partial charge in [-0.15, -0.1) is 0 Å². The fourth-order valence-electron chi connectivity index (χ4n) is 6.92. The molecule has 3 aliphatic heterocycles. The van der Waals surface area contributed by atoms with E-state index >= 15 is 0 Å². The van der Waals surface area contributed by atoms with Gasteiger partial charge in [-0.3, -0.25) is 9.59 Å².